The van der Waals surface area contributed by atoms with Crippen molar-refractivity contribution in [2.75, 3.05) is 6.61 Å². The molecule has 1 saturated carbocycles. The quantitative estimate of drug-likeness (QED) is 0.876. The largest absolute Gasteiger partial charge is 0.452 e. The highest BCUT2D eigenvalue weighted by Crippen LogP contribution is 2.19. The Morgan fingerprint density at radius 1 is 1.21 bits per heavy atom. The first-order valence-electron chi connectivity index (χ1n) is 8.46. The Hall–Kier alpha value is -2.43. The standard InChI is InChI=1S/C19H22N2O3/c1-13-11-16(15-9-5-6-10-17(15)20-13)19(23)24-12-18(22)21-14-7-3-2-4-8-14/h5-6,9-11,14H,2-4,7-8,12H2,1H3,(H,21,22). The van der Waals surface area contributed by atoms with Crippen LogP contribution in [0.1, 0.15) is 48.2 Å². The first-order valence-corrected chi connectivity index (χ1v) is 8.46. The van der Waals surface area contributed by atoms with Gasteiger partial charge in [0.25, 0.3) is 5.91 Å². The Labute approximate surface area is 141 Å². The topological polar surface area (TPSA) is 68.3 Å². The summed E-state index contributed by atoms with van der Waals surface area (Å²) in [6.07, 6.45) is 5.54. The van der Waals surface area contributed by atoms with Gasteiger partial charge >= 0.3 is 5.97 Å². The third-order valence-corrected chi connectivity index (χ3v) is 4.37. The van der Waals surface area contributed by atoms with Crippen LogP contribution in [0.2, 0.25) is 0 Å². The van der Waals surface area contributed by atoms with E-state index < -0.39 is 5.97 Å². The third-order valence-electron chi connectivity index (χ3n) is 4.37. The van der Waals surface area contributed by atoms with Crippen LogP contribution in [-0.2, 0) is 9.53 Å². The number of aromatic nitrogens is 1. The SMILES string of the molecule is Cc1cc(C(=O)OCC(=O)NC2CCCCC2)c2ccccc2n1. The number of carbonyl (C=O) groups excluding carboxylic acids is 2. The van der Waals surface area contributed by atoms with Gasteiger partial charge in [-0.25, -0.2) is 4.79 Å². The molecule has 1 amide bonds. The molecule has 1 N–H and O–H groups in total. The van der Waals surface area contributed by atoms with Crippen molar-refractivity contribution in [3.63, 3.8) is 0 Å². The van der Waals surface area contributed by atoms with Crippen molar-refractivity contribution < 1.29 is 14.3 Å². The molecule has 1 heterocycles. The van der Waals surface area contributed by atoms with Crippen LogP contribution in [0.5, 0.6) is 0 Å². The van der Waals surface area contributed by atoms with Gasteiger partial charge in [-0.05, 0) is 31.9 Å². The molecule has 1 fully saturated rings. The average molecular weight is 326 g/mol. The first-order chi connectivity index (χ1) is 11.6. The number of nitrogens with one attached hydrogen (secondary N) is 1. The average Bonchev–Trinajstić information content (AvgIpc) is 2.59. The number of ether oxygens (including phenoxy) is 1. The molecule has 0 unspecified atom stereocenters. The molecule has 0 atom stereocenters. The van der Waals surface area contributed by atoms with Gasteiger partial charge < -0.3 is 10.1 Å². The fourth-order valence-electron chi connectivity index (χ4n) is 3.20. The van der Waals surface area contributed by atoms with Crippen molar-refractivity contribution in [1.82, 2.24) is 10.3 Å². The van der Waals surface area contributed by atoms with E-state index in [1.807, 2.05) is 31.2 Å². The minimum Gasteiger partial charge on any atom is -0.452 e. The van der Waals surface area contributed by atoms with Gasteiger partial charge in [-0.2, -0.15) is 0 Å². The van der Waals surface area contributed by atoms with Crippen LogP contribution in [0.3, 0.4) is 0 Å². The molecule has 0 saturated heterocycles. The number of aryl methyl sites for hydroxylation is 1. The normalized spacial score (nSPS) is 15.2. The lowest BCUT2D eigenvalue weighted by molar-refractivity contribution is -0.125. The molecule has 1 aliphatic carbocycles. The molecule has 24 heavy (non-hydrogen) atoms. The van der Waals surface area contributed by atoms with E-state index in [9.17, 15) is 9.59 Å². The lowest BCUT2D eigenvalue weighted by Gasteiger charge is -2.22. The highest BCUT2D eigenvalue weighted by molar-refractivity contribution is 6.04. The van der Waals surface area contributed by atoms with Crippen molar-refractivity contribution in [2.24, 2.45) is 0 Å². The molecule has 2 aromatic rings. The van der Waals surface area contributed by atoms with Crippen LogP contribution in [0, 0.1) is 6.92 Å². The minimum absolute atomic E-state index is 0.217. The number of amides is 1. The fourth-order valence-corrected chi connectivity index (χ4v) is 3.20. The molecule has 5 nitrogen and oxygen atoms in total. The highest BCUT2D eigenvalue weighted by atomic mass is 16.5. The Morgan fingerprint density at radius 2 is 1.96 bits per heavy atom. The lowest BCUT2D eigenvalue weighted by Crippen LogP contribution is -2.38. The molecular formula is C19H22N2O3. The Bertz CT molecular complexity index is 751. The molecule has 0 aliphatic heterocycles. The van der Waals surface area contributed by atoms with Gasteiger partial charge in [-0.1, -0.05) is 37.5 Å². The van der Waals surface area contributed by atoms with E-state index in [1.54, 1.807) is 6.07 Å². The summed E-state index contributed by atoms with van der Waals surface area (Å²) in [5, 5.41) is 3.68. The number of benzene rings is 1. The predicted octanol–water partition coefficient (Wildman–Crippen LogP) is 3.15. The number of pyridine rings is 1. The number of para-hydroxylation sites is 1. The number of fused-ring (bicyclic) bond motifs is 1. The van der Waals surface area contributed by atoms with Crippen LogP contribution < -0.4 is 5.32 Å². The maximum Gasteiger partial charge on any atom is 0.339 e. The number of hydrogen-bond donors (Lipinski definition) is 1. The molecule has 5 heteroatoms. The van der Waals surface area contributed by atoms with E-state index in [0.29, 0.717) is 5.56 Å². The van der Waals surface area contributed by atoms with E-state index in [1.165, 1.54) is 6.42 Å². The predicted molar refractivity (Wildman–Crippen MR) is 91.8 cm³/mol. The van der Waals surface area contributed by atoms with Crippen LogP contribution in [-0.4, -0.2) is 29.5 Å². The zero-order valence-electron chi connectivity index (χ0n) is 13.9. The van der Waals surface area contributed by atoms with Gasteiger partial charge in [0.2, 0.25) is 0 Å². The zero-order chi connectivity index (χ0) is 16.9. The van der Waals surface area contributed by atoms with Crippen LogP contribution >= 0.6 is 0 Å². The maximum atomic E-state index is 12.4. The summed E-state index contributed by atoms with van der Waals surface area (Å²) in [6.45, 7) is 1.59. The molecule has 0 radical (unpaired) electrons. The maximum absolute atomic E-state index is 12.4. The van der Waals surface area contributed by atoms with Gasteiger partial charge in [0.1, 0.15) is 0 Å². The molecule has 126 valence electrons. The summed E-state index contributed by atoms with van der Waals surface area (Å²) >= 11 is 0. The van der Waals surface area contributed by atoms with Gasteiger partial charge in [-0.3, -0.25) is 9.78 Å². The van der Waals surface area contributed by atoms with Crippen LogP contribution in [0.4, 0.5) is 0 Å². The summed E-state index contributed by atoms with van der Waals surface area (Å²) in [7, 11) is 0. The summed E-state index contributed by atoms with van der Waals surface area (Å²) in [5.41, 5.74) is 1.94. The number of nitrogens with zero attached hydrogens (tertiary/aromatic N) is 1. The molecule has 1 aromatic carbocycles. The molecule has 0 bridgehead atoms. The van der Waals surface area contributed by atoms with E-state index in [2.05, 4.69) is 10.3 Å². The number of rotatable bonds is 4. The zero-order valence-corrected chi connectivity index (χ0v) is 13.9. The Kier molecular flexibility index (Phi) is 5.08. The van der Waals surface area contributed by atoms with E-state index in [0.717, 1.165) is 42.3 Å². The monoisotopic (exact) mass is 326 g/mol. The van der Waals surface area contributed by atoms with Crippen molar-refractivity contribution in [2.45, 2.75) is 45.1 Å². The molecule has 1 aliphatic rings. The first kappa shape index (κ1) is 16.4. The van der Waals surface area contributed by atoms with Crippen molar-refractivity contribution >= 4 is 22.8 Å². The fraction of sp³-hybridized carbons (Fsp3) is 0.421. The minimum atomic E-state index is -0.490. The van der Waals surface area contributed by atoms with E-state index >= 15 is 0 Å². The lowest BCUT2D eigenvalue weighted by atomic mass is 9.95. The molecule has 1 aromatic heterocycles. The molecular weight excluding hydrogens is 304 g/mol. The molecule has 0 spiro atoms. The van der Waals surface area contributed by atoms with Gasteiger partial charge in [0.05, 0.1) is 11.1 Å². The summed E-state index contributed by atoms with van der Waals surface area (Å²) in [5.74, 6) is -0.721. The second kappa shape index (κ2) is 7.43. The van der Waals surface area contributed by atoms with E-state index in [4.69, 9.17) is 4.74 Å². The van der Waals surface area contributed by atoms with Gasteiger partial charge in [-0.15, -0.1) is 0 Å². The van der Waals surface area contributed by atoms with Crippen LogP contribution in [0.15, 0.2) is 30.3 Å². The van der Waals surface area contributed by atoms with E-state index in [-0.39, 0.29) is 18.6 Å². The van der Waals surface area contributed by atoms with Crippen molar-refractivity contribution in [3.8, 4) is 0 Å². The van der Waals surface area contributed by atoms with Crippen molar-refractivity contribution in [3.05, 3.63) is 41.6 Å². The Morgan fingerprint density at radius 3 is 2.75 bits per heavy atom. The number of esters is 1. The second-order valence-corrected chi connectivity index (χ2v) is 6.31. The summed E-state index contributed by atoms with van der Waals surface area (Å²) in [6, 6.07) is 9.33. The van der Waals surface area contributed by atoms with Gasteiger partial charge in [0, 0.05) is 17.1 Å². The summed E-state index contributed by atoms with van der Waals surface area (Å²) in [4.78, 5) is 28.8. The third kappa shape index (κ3) is 3.91. The smallest absolute Gasteiger partial charge is 0.339 e. The second-order valence-electron chi connectivity index (χ2n) is 6.31. The van der Waals surface area contributed by atoms with Crippen molar-refractivity contribution in [1.29, 1.82) is 0 Å². The number of carbonyl (C=O) groups is 2. The molecule has 3 rings (SSSR count). The van der Waals surface area contributed by atoms with Gasteiger partial charge in [0.15, 0.2) is 6.61 Å². The van der Waals surface area contributed by atoms with Crippen LogP contribution in [0.25, 0.3) is 10.9 Å². The summed E-state index contributed by atoms with van der Waals surface area (Å²) < 4.78 is 5.22. The number of hydrogen-bond acceptors (Lipinski definition) is 4. The Balaban J connectivity index is 1.64. The highest BCUT2D eigenvalue weighted by Gasteiger charge is 2.18.